The molecule has 0 radical (unpaired) electrons. The highest BCUT2D eigenvalue weighted by atomic mass is 32.2. The third kappa shape index (κ3) is 6.08. The van der Waals surface area contributed by atoms with E-state index in [1.807, 2.05) is 25.1 Å². The highest BCUT2D eigenvalue weighted by Gasteiger charge is 2.08. The van der Waals surface area contributed by atoms with Crippen LogP contribution in [0.1, 0.15) is 63.9 Å². The molecule has 0 saturated heterocycles. The predicted molar refractivity (Wildman–Crippen MR) is 89.5 cm³/mol. The van der Waals surface area contributed by atoms with Gasteiger partial charge >= 0.3 is 0 Å². The Morgan fingerprint density at radius 3 is 2.25 bits per heavy atom. The van der Waals surface area contributed by atoms with Crippen LogP contribution in [-0.2, 0) is 10.8 Å². The maximum atomic E-state index is 12.2. The Hall–Kier alpha value is -0.830. The van der Waals surface area contributed by atoms with Crippen LogP contribution in [0.25, 0.3) is 0 Å². The van der Waals surface area contributed by atoms with Crippen LogP contribution in [0.15, 0.2) is 23.1 Å². The molecule has 2 N–H and O–H groups in total. The number of nitrogen functional groups attached to an aromatic ring is 1. The van der Waals surface area contributed by atoms with E-state index >= 15 is 0 Å². The van der Waals surface area contributed by atoms with Gasteiger partial charge in [0.25, 0.3) is 0 Å². The average Bonchev–Trinajstić information content (AvgIpc) is 2.44. The first-order valence-corrected chi connectivity index (χ1v) is 9.22. The standard InChI is InChI=1S/C17H29NOS/c1-3-4-5-6-7-8-9-10-14-20(19)17-13-11-12-16(18)15(17)2/h11-13H,3-10,14,18H2,1-2H3. The molecule has 2 nitrogen and oxygen atoms in total. The molecule has 0 aliphatic rings. The van der Waals surface area contributed by atoms with Crippen LogP contribution in [-0.4, -0.2) is 9.96 Å². The fourth-order valence-electron chi connectivity index (χ4n) is 2.36. The van der Waals surface area contributed by atoms with E-state index in [2.05, 4.69) is 6.92 Å². The van der Waals surface area contributed by atoms with Crippen molar-refractivity contribution in [3.63, 3.8) is 0 Å². The number of benzene rings is 1. The fourth-order valence-corrected chi connectivity index (χ4v) is 3.73. The summed E-state index contributed by atoms with van der Waals surface area (Å²) in [7, 11) is -0.895. The largest absolute Gasteiger partial charge is 0.398 e. The van der Waals surface area contributed by atoms with Crippen LogP contribution < -0.4 is 5.73 Å². The lowest BCUT2D eigenvalue weighted by Gasteiger charge is -2.08. The normalized spacial score (nSPS) is 12.5. The van der Waals surface area contributed by atoms with Gasteiger partial charge in [-0.2, -0.15) is 0 Å². The van der Waals surface area contributed by atoms with Crippen molar-refractivity contribution < 1.29 is 4.21 Å². The minimum atomic E-state index is -0.895. The summed E-state index contributed by atoms with van der Waals surface area (Å²) in [6, 6.07) is 5.70. The molecular weight excluding hydrogens is 266 g/mol. The Balaban J connectivity index is 2.19. The summed E-state index contributed by atoms with van der Waals surface area (Å²) in [5.41, 5.74) is 7.58. The molecule has 3 heteroatoms. The summed E-state index contributed by atoms with van der Waals surface area (Å²) in [5.74, 6) is 0.763. The van der Waals surface area contributed by atoms with Gasteiger partial charge < -0.3 is 5.73 Å². The predicted octanol–water partition coefficient (Wildman–Crippen LogP) is 4.83. The number of anilines is 1. The molecule has 0 fully saturated rings. The molecule has 0 saturated carbocycles. The molecule has 0 spiro atoms. The summed E-state index contributed by atoms with van der Waals surface area (Å²) in [4.78, 5) is 0.910. The first-order chi connectivity index (χ1) is 9.66. The van der Waals surface area contributed by atoms with Gasteiger partial charge in [-0.1, -0.05) is 57.9 Å². The van der Waals surface area contributed by atoms with Crippen molar-refractivity contribution in [2.75, 3.05) is 11.5 Å². The maximum Gasteiger partial charge on any atom is 0.0532 e. The molecule has 0 aliphatic carbocycles. The fraction of sp³-hybridized carbons (Fsp3) is 0.647. The van der Waals surface area contributed by atoms with Crippen LogP contribution in [0, 0.1) is 6.92 Å². The topological polar surface area (TPSA) is 43.1 Å². The molecule has 1 aromatic carbocycles. The third-order valence-electron chi connectivity index (χ3n) is 3.75. The van der Waals surface area contributed by atoms with Gasteiger partial charge in [0.2, 0.25) is 0 Å². The highest BCUT2D eigenvalue weighted by molar-refractivity contribution is 7.85. The van der Waals surface area contributed by atoms with Crippen LogP contribution in [0.3, 0.4) is 0 Å². The molecule has 0 heterocycles. The second kappa shape index (κ2) is 9.98. The molecule has 0 aromatic heterocycles. The zero-order chi connectivity index (χ0) is 14.8. The second-order valence-corrected chi connectivity index (χ2v) is 7.03. The third-order valence-corrected chi connectivity index (χ3v) is 5.35. The van der Waals surface area contributed by atoms with E-state index in [-0.39, 0.29) is 0 Å². The number of hydrogen-bond acceptors (Lipinski definition) is 2. The lowest BCUT2D eigenvalue weighted by molar-refractivity contribution is 0.584. The molecule has 0 aliphatic heterocycles. The summed E-state index contributed by atoms with van der Waals surface area (Å²) in [6.07, 6.45) is 10.2. The van der Waals surface area contributed by atoms with Gasteiger partial charge in [-0.05, 0) is 31.0 Å². The summed E-state index contributed by atoms with van der Waals surface area (Å²) in [5, 5.41) is 0. The van der Waals surface area contributed by atoms with Gasteiger partial charge in [-0.15, -0.1) is 0 Å². The van der Waals surface area contributed by atoms with E-state index in [4.69, 9.17) is 5.73 Å². The quantitative estimate of drug-likeness (QED) is 0.496. The van der Waals surface area contributed by atoms with Gasteiger partial charge in [-0.3, -0.25) is 4.21 Å². The van der Waals surface area contributed by atoms with Gasteiger partial charge in [0.15, 0.2) is 0 Å². The summed E-state index contributed by atoms with van der Waals surface area (Å²) in [6.45, 7) is 4.20. The van der Waals surface area contributed by atoms with E-state index in [1.54, 1.807) is 0 Å². The van der Waals surface area contributed by atoms with Gasteiger partial charge in [0, 0.05) is 16.3 Å². The number of hydrogen-bond donors (Lipinski definition) is 1. The second-order valence-electron chi connectivity index (χ2n) is 5.49. The zero-order valence-electron chi connectivity index (χ0n) is 13.0. The van der Waals surface area contributed by atoms with Crippen molar-refractivity contribution in [1.29, 1.82) is 0 Å². The number of unbranched alkanes of at least 4 members (excludes halogenated alkanes) is 7. The van der Waals surface area contributed by atoms with Crippen molar-refractivity contribution in [1.82, 2.24) is 0 Å². The van der Waals surface area contributed by atoms with Crippen LogP contribution >= 0.6 is 0 Å². The lowest BCUT2D eigenvalue weighted by atomic mass is 10.1. The van der Waals surface area contributed by atoms with E-state index in [1.165, 1.54) is 44.9 Å². The molecular formula is C17H29NOS. The van der Waals surface area contributed by atoms with E-state index in [0.717, 1.165) is 28.3 Å². The summed E-state index contributed by atoms with van der Waals surface area (Å²) < 4.78 is 12.2. The van der Waals surface area contributed by atoms with Crippen LogP contribution in [0.5, 0.6) is 0 Å². The lowest BCUT2D eigenvalue weighted by Crippen LogP contribution is -2.02. The van der Waals surface area contributed by atoms with Gasteiger partial charge in [-0.25, -0.2) is 0 Å². The minimum absolute atomic E-state index is 0.742. The number of rotatable bonds is 10. The first kappa shape index (κ1) is 17.2. The molecule has 114 valence electrons. The van der Waals surface area contributed by atoms with Gasteiger partial charge in [0.1, 0.15) is 0 Å². The van der Waals surface area contributed by atoms with Crippen molar-refractivity contribution in [3.8, 4) is 0 Å². The molecule has 1 rings (SSSR count). The van der Waals surface area contributed by atoms with Crippen molar-refractivity contribution in [2.24, 2.45) is 0 Å². The molecule has 0 bridgehead atoms. The van der Waals surface area contributed by atoms with Crippen molar-refractivity contribution in [2.45, 2.75) is 70.1 Å². The van der Waals surface area contributed by atoms with E-state index in [9.17, 15) is 4.21 Å². The summed E-state index contributed by atoms with van der Waals surface area (Å²) >= 11 is 0. The van der Waals surface area contributed by atoms with Gasteiger partial charge in [0.05, 0.1) is 10.8 Å². The minimum Gasteiger partial charge on any atom is -0.398 e. The molecule has 1 unspecified atom stereocenters. The Morgan fingerprint density at radius 2 is 1.60 bits per heavy atom. The Labute approximate surface area is 126 Å². The Bertz CT molecular complexity index is 417. The Kier molecular flexibility index (Phi) is 8.59. The number of nitrogens with two attached hydrogens (primary N) is 1. The molecule has 1 atom stereocenters. The van der Waals surface area contributed by atoms with E-state index in [0.29, 0.717) is 0 Å². The van der Waals surface area contributed by atoms with Crippen LogP contribution in [0.2, 0.25) is 0 Å². The van der Waals surface area contributed by atoms with Crippen LogP contribution in [0.4, 0.5) is 5.69 Å². The molecule has 20 heavy (non-hydrogen) atoms. The molecule has 1 aromatic rings. The highest BCUT2D eigenvalue weighted by Crippen LogP contribution is 2.20. The maximum absolute atomic E-state index is 12.2. The van der Waals surface area contributed by atoms with E-state index < -0.39 is 10.8 Å². The smallest absolute Gasteiger partial charge is 0.0532 e. The van der Waals surface area contributed by atoms with Crippen molar-refractivity contribution >= 4 is 16.5 Å². The SMILES string of the molecule is CCCCCCCCCCS(=O)c1cccc(N)c1C. The Morgan fingerprint density at radius 1 is 1.00 bits per heavy atom. The average molecular weight is 295 g/mol. The van der Waals surface area contributed by atoms with Crippen molar-refractivity contribution in [3.05, 3.63) is 23.8 Å². The first-order valence-electron chi connectivity index (χ1n) is 7.90. The monoisotopic (exact) mass is 295 g/mol. The molecule has 0 amide bonds. The zero-order valence-corrected chi connectivity index (χ0v) is 13.8.